The summed E-state index contributed by atoms with van der Waals surface area (Å²) in [7, 11) is 1.44. The molecular weight excluding hydrogens is 453 g/mol. The zero-order chi connectivity index (χ0) is 24.5. The van der Waals surface area contributed by atoms with E-state index in [9.17, 15) is 18.3 Å². The number of pyridine rings is 1. The third-order valence-electron chi connectivity index (χ3n) is 5.18. The van der Waals surface area contributed by atoms with E-state index in [4.69, 9.17) is 0 Å². The van der Waals surface area contributed by atoms with Crippen LogP contribution in [0.2, 0.25) is 0 Å². The number of alkyl halides is 2. The largest absolute Gasteiger partial charge is 0.374 e. The first kappa shape index (κ1) is 23.1. The predicted octanol–water partition coefficient (Wildman–Crippen LogP) is 4.66. The summed E-state index contributed by atoms with van der Waals surface area (Å²) in [6.45, 7) is 0. The van der Waals surface area contributed by atoms with Gasteiger partial charge in [-0.15, -0.1) is 0 Å². The van der Waals surface area contributed by atoms with E-state index in [0.29, 0.717) is 11.6 Å². The zero-order valence-electron chi connectivity index (χ0n) is 17.6. The molecule has 4 aromatic rings. The third-order valence-corrected chi connectivity index (χ3v) is 5.18. The molecule has 34 heavy (non-hydrogen) atoms. The molecule has 0 spiro atoms. The second-order valence-corrected chi connectivity index (χ2v) is 7.50. The molecule has 0 aliphatic carbocycles. The second kappa shape index (κ2) is 8.72. The highest BCUT2D eigenvalue weighted by Crippen LogP contribution is 2.49. The summed E-state index contributed by atoms with van der Waals surface area (Å²) in [4.78, 5) is 3.75. The second-order valence-electron chi connectivity index (χ2n) is 7.50. The van der Waals surface area contributed by atoms with Gasteiger partial charge >= 0.3 is 5.92 Å². The van der Waals surface area contributed by atoms with E-state index in [-0.39, 0.29) is 5.56 Å². The normalized spacial score (nSPS) is 13.1. The highest BCUT2D eigenvalue weighted by Gasteiger charge is 2.59. The predicted molar refractivity (Wildman–Crippen MR) is 113 cm³/mol. The van der Waals surface area contributed by atoms with Gasteiger partial charge in [-0.25, -0.2) is 13.2 Å². The number of nitrogens with zero attached hydrogens (tertiary/aromatic N) is 3. The van der Waals surface area contributed by atoms with Crippen molar-refractivity contribution in [2.75, 3.05) is 0 Å². The number of aliphatic hydroxyl groups is 1. The van der Waals surface area contributed by atoms with E-state index in [2.05, 4.69) is 21.9 Å². The summed E-state index contributed by atoms with van der Waals surface area (Å²) in [5, 5.41) is 15.1. The average Bonchev–Trinajstić information content (AvgIpc) is 3.25. The monoisotopic (exact) mass is 469 g/mol. The Labute approximate surface area is 191 Å². The maximum absolute atomic E-state index is 15.8. The van der Waals surface area contributed by atoms with Gasteiger partial charge in [-0.3, -0.25) is 9.67 Å². The van der Waals surface area contributed by atoms with Crippen LogP contribution in [0.15, 0.2) is 73.2 Å². The van der Waals surface area contributed by atoms with Crippen molar-refractivity contribution in [3.05, 3.63) is 119 Å². The fraction of sp³-hybridized carbons (Fsp3) is 0.120. The van der Waals surface area contributed by atoms with E-state index >= 15 is 8.78 Å². The molecule has 1 unspecified atom stereocenters. The van der Waals surface area contributed by atoms with Crippen molar-refractivity contribution in [2.45, 2.75) is 11.5 Å². The van der Waals surface area contributed by atoms with Gasteiger partial charge in [0.2, 0.25) is 0 Å². The molecule has 9 heteroatoms. The highest BCUT2D eigenvalue weighted by atomic mass is 19.3. The van der Waals surface area contributed by atoms with Crippen molar-refractivity contribution in [2.24, 2.45) is 7.05 Å². The summed E-state index contributed by atoms with van der Waals surface area (Å²) >= 11 is 0. The van der Waals surface area contributed by atoms with Crippen LogP contribution < -0.4 is 0 Å². The van der Waals surface area contributed by atoms with Gasteiger partial charge < -0.3 is 5.11 Å². The molecule has 0 amide bonds. The van der Waals surface area contributed by atoms with E-state index in [1.165, 1.54) is 42.1 Å². The lowest BCUT2D eigenvalue weighted by Crippen LogP contribution is -2.45. The van der Waals surface area contributed by atoms with E-state index in [1.807, 2.05) is 0 Å². The minimum atomic E-state index is -4.16. The maximum Gasteiger partial charge on any atom is 0.326 e. The number of rotatable bonds is 4. The number of halogens is 5. The molecule has 172 valence electrons. The molecule has 4 nitrogen and oxygen atoms in total. The number of aryl methyl sites for hydroxylation is 1. The molecule has 0 radical (unpaired) electrons. The molecule has 1 atom stereocenters. The van der Waals surface area contributed by atoms with Gasteiger partial charge in [-0.05, 0) is 48.5 Å². The lowest BCUT2D eigenvalue weighted by atomic mass is 9.80. The first-order valence-corrected chi connectivity index (χ1v) is 9.90. The number of hydrogen-bond acceptors (Lipinski definition) is 3. The molecule has 0 aliphatic heterocycles. The molecule has 2 aromatic heterocycles. The van der Waals surface area contributed by atoms with Crippen LogP contribution in [-0.4, -0.2) is 19.9 Å². The summed E-state index contributed by atoms with van der Waals surface area (Å²) in [5.74, 6) is -1.44. The molecule has 0 bridgehead atoms. The van der Waals surface area contributed by atoms with Gasteiger partial charge in [0.1, 0.15) is 23.1 Å². The van der Waals surface area contributed by atoms with Gasteiger partial charge in [0.05, 0.1) is 6.20 Å². The van der Waals surface area contributed by atoms with Crippen molar-refractivity contribution in [1.29, 1.82) is 0 Å². The molecule has 0 fully saturated rings. The van der Waals surface area contributed by atoms with Crippen LogP contribution in [0.3, 0.4) is 0 Å². The third kappa shape index (κ3) is 4.16. The fourth-order valence-electron chi connectivity index (χ4n) is 3.41. The number of benzene rings is 2. The minimum absolute atomic E-state index is 0.279. The molecule has 2 heterocycles. The highest BCUT2D eigenvalue weighted by molar-refractivity contribution is 5.44. The Morgan fingerprint density at radius 2 is 1.50 bits per heavy atom. The van der Waals surface area contributed by atoms with E-state index < -0.39 is 45.8 Å². The summed E-state index contributed by atoms with van der Waals surface area (Å²) < 4.78 is 73.8. The summed E-state index contributed by atoms with van der Waals surface area (Å²) in [5.41, 5.74) is -4.57. The van der Waals surface area contributed by atoms with Crippen molar-refractivity contribution in [3.63, 3.8) is 0 Å². The zero-order valence-corrected chi connectivity index (χ0v) is 17.6. The molecule has 1 N–H and O–H groups in total. The standard InChI is InChI=1S/C25H16F5N3O/c1-33-15-18(14-32-33)24(34,21-10-9-20(27)12-22(21)28)25(29,30)23-11-6-17(13-31-23)3-2-16-4-7-19(26)8-5-16/h4-15,34H,1H3. The molecule has 4 rings (SSSR count). The maximum atomic E-state index is 15.8. The minimum Gasteiger partial charge on any atom is -0.374 e. The van der Waals surface area contributed by atoms with Crippen LogP contribution in [0, 0.1) is 29.3 Å². The summed E-state index contributed by atoms with van der Waals surface area (Å²) in [6.07, 6.45) is 3.16. The van der Waals surface area contributed by atoms with Gasteiger partial charge in [0, 0.05) is 47.8 Å². The Morgan fingerprint density at radius 3 is 2.09 bits per heavy atom. The van der Waals surface area contributed by atoms with Crippen molar-refractivity contribution >= 4 is 0 Å². The molecule has 0 aliphatic rings. The van der Waals surface area contributed by atoms with Crippen LogP contribution >= 0.6 is 0 Å². The van der Waals surface area contributed by atoms with Crippen LogP contribution in [0.25, 0.3) is 0 Å². The van der Waals surface area contributed by atoms with Crippen molar-refractivity contribution < 1.29 is 27.1 Å². The Morgan fingerprint density at radius 1 is 0.853 bits per heavy atom. The van der Waals surface area contributed by atoms with Gasteiger partial charge in [0.25, 0.3) is 0 Å². The SMILES string of the molecule is Cn1cc(C(O)(c2ccc(F)cc2F)C(F)(F)c2ccc(C#Cc3ccc(F)cc3)cn2)cn1. The summed E-state index contributed by atoms with van der Waals surface area (Å²) in [6, 6.07) is 9.56. The van der Waals surface area contributed by atoms with Crippen molar-refractivity contribution in [3.8, 4) is 11.8 Å². The Kier molecular flexibility index (Phi) is 5.94. The van der Waals surface area contributed by atoms with Gasteiger partial charge in [-0.2, -0.15) is 13.9 Å². The number of hydrogen-bond donors (Lipinski definition) is 1. The van der Waals surface area contributed by atoms with E-state index in [1.54, 1.807) is 0 Å². The first-order valence-electron chi connectivity index (χ1n) is 9.90. The topological polar surface area (TPSA) is 50.9 Å². The van der Waals surface area contributed by atoms with Crippen LogP contribution in [0.1, 0.15) is 27.9 Å². The molecule has 0 saturated carbocycles. The molecule has 2 aromatic carbocycles. The van der Waals surface area contributed by atoms with Crippen LogP contribution in [-0.2, 0) is 18.6 Å². The van der Waals surface area contributed by atoms with E-state index in [0.717, 1.165) is 36.8 Å². The quantitative estimate of drug-likeness (QED) is 0.350. The first-order chi connectivity index (χ1) is 16.1. The average molecular weight is 469 g/mol. The van der Waals surface area contributed by atoms with Gasteiger partial charge in [0.15, 0.2) is 5.60 Å². The molecule has 0 saturated heterocycles. The smallest absolute Gasteiger partial charge is 0.326 e. The number of aromatic nitrogens is 3. The van der Waals surface area contributed by atoms with Crippen molar-refractivity contribution in [1.82, 2.24) is 14.8 Å². The lowest BCUT2D eigenvalue weighted by Gasteiger charge is -2.35. The Bertz CT molecular complexity index is 1390. The lowest BCUT2D eigenvalue weighted by molar-refractivity contribution is -0.175. The van der Waals surface area contributed by atoms with Crippen LogP contribution in [0.5, 0.6) is 0 Å². The Hall–Kier alpha value is -4.03. The van der Waals surface area contributed by atoms with Crippen LogP contribution in [0.4, 0.5) is 22.0 Å². The van der Waals surface area contributed by atoms with Gasteiger partial charge in [-0.1, -0.05) is 11.8 Å². The molecular formula is C25H16F5N3O. The fourth-order valence-corrected chi connectivity index (χ4v) is 3.41. The Balaban J connectivity index is 1.76.